The van der Waals surface area contributed by atoms with E-state index in [1.807, 2.05) is 35.8 Å². The lowest BCUT2D eigenvalue weighted by molar-refractivity contribution is 0.414. The molecular weight excluding hydrogens is 338 g/mol. The predicted molar refractivity (Wildman–Crippen MR) is 85.2 cm³/mol. The summed E-state index contributed by atoms with van der Waals surface area (Å²) in [5.74, 6) is 0.770. The highest BCUT2D eigenvalue weighted by molar-refractivity contribution is 9.10. The van der Waals surface area contributed by atoms with Gasteiger partial charge in [-0.3, -0.25) is 4.57 Å². The topological polar surface area (TPSA) is 42.8 Å². The molecule has 0 radical (unpaired) electrons. The number of nitrogens with one attached hydrogen (secondary N) is 1. The van der Waals surface area contributed by atoms with Crippen LogP contribution in [0.4, 0.5) is 0 Å². The van der Waals surface area contributed by atoms with Crippen molar-refractivity contribution in [3.05, 3.63) is 45.3 Å². The Kier molecular flexibility index (Phi) is 3.35. The lowest BCUT2D eigenvalue weighted by Gasteiger charge is -2.09. The fourth-order valence-corrected chi connectivity index (χ4v) is 2.85. The van der Waals surface area contributed by atoms with Crippen LogP contribution in [0.15, 0.2) is 34.9 Å². The summed E-state index contributed by atoms with van der Waals surface area (Å²) in [5, 5.41) is 0. The highest BCUT2D eigenvalue weighted by Crippen LogP contribution is 2.29. The Labute approximate surface area is 129 Å². The van der Waals surface area contributed by atoms with Crippen molar-refractivity contribution < 1.29 is 4.74 Å². The van der Waals surface area contributed by atoms with E-state index >= 15 is 0 Å². The number of aryl methyl sites for hydroxylation is 1. The Morgan fingerprint density at radius 3 is 2.90 bits per heavy atom. The van der Waals surface area contributed by atoms with Crippen LogP contribution >= 0.6 is 28.1 Å². The molecule has 0 aliphatic carbocycles. The molecule has 0 unspecified atom stereocenters. The Hall–Kier alpha value is -1.66. The third-order valence-electron chi connectivity index (χ3n) is 3.18. The molecule has 0 amide bonds. The number of pyridine rings is 1. The van der Waals surface area contributed by atoms with Gasteiger partial charge < -0.3 is 9.72 Å². The molecule has 1 aromatic carbocycles. The highest BCUT2D eigenvalue weighted by Gasteiger charge is 2.12. The van der Waals surface area contributed by atoms with Crippen LogP contribution in [0.25, 0.3) is 16.9 Å². The zero-order valence-corrected chi connectivity index (χ0v) is 13.4. The van der Waals surface area contributed by atoms with E-state index in [2.05, 4.69) is 25.9 Å². The molecule has 0 atom stereocenters. The second kappa shape index (κ2) is 5.03. The Bertz CT molecular complexity index is 853. The molecule has 3 rings (SSSR count). The number of imidazole rings is 1. The van der Waals surface area contributed by atoms with Crippen molar-refractivity contribution in [3.8, 4) is 11.4 Å². The fourth-order valence-electron chi connectivity index (χ4n) is 2.14. The van der Waals surface area contributed by atoms with Gasteiger partial charge in [0.15, 0.2) is 10.4 Å². The van der Waals surface area contributed by atoms with E-state index in [1.165, 1.54) is 0 Å². The second-order valence-corrected chi connectivity index (χ2v) is 5.65. The number of methoxy groups -OCH3 is 1. The molecule has 2 aromatic heterocycles. The minimum Gasteiger partial charge on any atom is -0.497 e. The first-order chi connectivity index (χ1) is 9.61. The van der Waals surface area contributed by atoms with Crippen molar-refractivity contribution in [2.24, 2.45) is 0 Å². The second-order valence-electron chi connectivity index (χ2n) is 4.41. The van der Waals surface area contributed by atoms with Crippen LogP contribution in [0.2, 0.25) is 0 Å². The molecule has 20 heavy (non-hydrogen) atoms. The standard InChI is InChI=1S/C14H12BrN3OS/c1-8-5-6-16-13-12(8)17-14(20)18(13)11-7-9(19-2)3-4-10(11)15/h3-7H,1-2H3,(H,17,20). The summed E-state index contributed by atoms with van der Waals surface area (Å²) in [6.07, 6.45) is 1.78. The first-order valence-corrected chi connectivity index (χ1v) is 7.22. The summed E-state index contributed by atoms with van der Waals surface area (Å²) in [6.45, 7) is 2.03. The van der Waals surface area contributed by atoms with Gasteiger partial charge in [0, 0.05) is 16.7 Å². The maximum atomic E-state index is 5.44. The number of halogens is 1. The van der Waals surface area contributed by atoms with Crippen molar-refractivity contribution in [3.63, 3.8) is 0 Å². The van der Waals surface area contributed by atoms with Crippen molar-refractivity contribution in [1.29, 1.82) is 0 Å². The molecule has 102 valence electrons. The number of hydrogen-bond acceptors (Lipinski definition) is 3. The molecule has 3 aromatic rings. The summed E-state index contributed by atoms with van der Waals surface area (Å²) in [4.78, 5) is 7.65. The van der Waals surface area contributed by atoms with Crippen LogP contribution in [0, 0.1) is 11.7 Å². The lowest BCUT2D eigenvalue weighted by Crippen LogP contribution is -1.98. The van der Waals surface area contributed by atoms with Gasteiger partial charge in [0.2, 0.25) is 0 Å². The highest BCUT2D eigenvalue weighted by atomic mass is 79.9. The molecule has 1 N–H and O–H groups in total. The number of nitrogens with zero attached hydrogens (tertiary/aromatic N) is 2. The molecule has 0 saturated carbocycles. The Morgan fingerprint density at radius 1 is 1.35 bits per heavy atom. The number of ether oxygens (including phenoxy) is 1. The van der Waals surface area contributed by atoms with Crippen LogP contribution in [-0.4, -0.2) is 21.6 Å². The van der Waals surface area contributed by atoms with Gasteiger partial charge in [-0.1, -0.05) is 0 Å². The summed E-state index contributed by atoms with van der Waals surface area (Å²) in [7, 11) is 1.64. The number of benzene rings is 1. The molecular formula is C14H12BrN3OS. The molecule has 0 aliphatic rings. The number of aromatic amines is 1. The first-order valence-electron chi connectivity index (χ1n) is 6.02. The molecule has 2 heterocycles. The zero-order chi connectivity index (χ0) is 14.3. The summed E-state index contributed by atoms with van der Waals surface area (Å²) < 4.78 is 8.73. The van der Waals surface area contributed by atoms with E-state index in [4.69, 9.17) is 17.0 Å². The van der Waals surface area contributed by atoms with Gasteiger partial charge in [-0.15, -0.1) is 0 Å². The largest absolute Gasteiger partial charge is 0.497 e. The van der Waals surface area contributed by atoms with Crippen LogP contribution < -0.4 is 4.74 Å². The van der Waals surface area contributed by atoms with Crippen LogP contribution in [0.5, 0.6) is 5.75 Å². The average Bonchev–Trinajstić information content (AvgIpc) is 2.77. The number of aromatic nitrogens is 3. The number of hydrogen-bond donors (Lipinski definition) is 1. The SMILES string of the molecule is COc1ccc(Br)c(-n2c(=S)[nH]c3c(C)ccnc32)c1. The van der Waals surface area contributed by atoms with Gasteiger partial charge in [-0.05, 0) is 58.8 Å². The van der Waals surface area contributed by atoms with Gasteiger partial charge in [0.1, 0.15) is 5.75 Å². The Morgan fingerprint density at radius 2 is 2.15 bits per heavy atom. The van der Waals surface area contributed by atoms with E-state index in [0.717, 1.165) is 32.6 Å². The molecule has 0 bridgehead atoms. The lowest BCUT2D eigenvalue weighted by atomic mass is 10.2. The Balaban J connectivity index is 2.38. The van der Waals surface area contributed by atoms with Gasteiger partial charge >= 0.3 is 0 Å². The zero-order valence-electron chi connectivity index (χ0n) is 11.0. The summed E-state index contributed by atoms with van der Waals surface area (Å²) in [6, 6.07) is 7.71. The fraction of sp³-hybridized carbons (Fsp3) is 0.143. The molecule has 4 nitrogen and oxygen atoms in total. The maximum absolute atomic E-state index is 5.44. The quantitative estimate of drug-likeness (QED) is 0.706. The number of rotatable bonds is 2. The van der Waals surface area contributed by atoms with Crippen LogP contribution in [0.1, 0.15) is 5.56 Å². The summed E-state index contributed by atoms with van der Waals surface area (Å²) >= 11 is 8.99. The molecule has 0 spiro atoms. The third-order valence-corrected chi connectivity index (χ3v) is 4.14. The van der Waals surface area contributed by atoms with Gasteiger partial charge in [0.05, 0.1) is 18.3 Å². The monoisotopic (exact) mass is 349 g/mol. The predicted octanol–water partition coefficient (Wildman–Crippen LogP) is 4.16. The first kappa shape index (κ1) is 13.3. The van der Waals surface area contributed by atoms with Crippen molar-refractivity contribution >= 4 is 39.3 Å². The third kappa shape index (κ3) is 2.05. The van der Waals surface area contributed by atoms with E-state index < -0.39 is 0 Å². The van der Waals surface area contributed by atoms with E-state index in [1.54, 1.807) is 13.3 Å². The van der Waals surface area contributed by atoms with Crippen LogP contribution in [0.3, 0.4) is 0 Å². The number of fused-ring (bicyclic) bond motifs is 1. The van der Waals surface area contributed by atoms with Crippen LogP contribution in [-0.2, 0) is 0 Å². The van der Waals surface area contributed by atoms with Gasteiger partial charge in [-0.25, -0.2) is 4.98 Å². The van der Waals surface area contributed by atoms with E-state index in [0.29, 0.717) is 4.77 Å². The number of H-pyrrole nitrogens is 1. The summed E-state index contributed by atoms with van der Waals surface area (Å²) in [5.41, 5.74) is 3.77. The molecule has 0 saturated heterocycles. The van der Waals surface area contributed by atoms with Gasteiger partial charge in [-0.2, -0.15) is 0 Å². The average molecular weight is 350 g/mol. The van der Waals surface area contributed by atoms with E-state index in [-0.39, 0.29) is 0 Å². The molecule has 0 aliphatic heterocycles. The molecule has 6 heteroatoms. The van der Waals surface area contributed by atoms with E-state index in [9.17, 15) is 0 Å². The van der Waals surface area contributed by atoms with Crippen molar-refractivity contribution in [2.75, 3.05) is 7.11 Å². The van der Waals surface area contributed by atoms with Crippen molar-refractivity contribution in [2.45, 2.75) is 6.92 Å². The van der Waals surface area contributed by atoms with Crippen molar-refractivity contribution in [1.82, 2.24) is 14.5 Å². The normalized spacial score (nSPS) is 10.9. The van der Waals surface area contributed by atoms with Gasteiger partial charge in [0.25, 0.3) is 0 Å². The minimum absolute atomic E-state index is 0.607. The maximum Gasteiger partial charge on any atom is 0.184 e. The smallest absolute Gasteiger partial charge is 0.184 e. The molecule has 0 fully saturated rings. The minimum atomic E-state index is 0.607.